The Kier molecular flexibility index (Phi) is 15.6. The van der Waals surface area contributed by atoms with Gasteiger partial charge in [-0.05, 0) is 62.9 Å². The number of nitrogens with one attached hydrogen (secondary N) is 2. The number of halogens is 8. The van der Waals surface area contributed by atoms with Crippen LogP contribution in [0, 0.1) is 11.7 Å². The number of ether oxygens (including phenoxy) is 1. The first-order valence-electron chi connectivity index (χ1n) is 14.1. The van der Waals surface area contributed by atoms with Crippen molar-refractivity contribution >= 4 is 29.5 Å². The van der Waals surface area contributed by atoms with Crippen molar-refractivity contribution in [3.8, 4) is 5.75 Å². The van der Waals surface area contributed by atoms with Crippen molar-refractivity contribution < 1.29 is 70.3 Å². The van der Waals surface area contributed by atoms with Gasteiger partial charge in [0.1, 0.15) is 23.8 Å². The Morgan fingerprint density at radius 3 is 1.98 bits per heavy atom. The van der Waals surface area contributed by atoms with E-state index in [1.165, 1.54) is 12.1 Å². The Labute approximate surface area is 275 Å². The lowest BCUT2D eigenvalue weighted by atomic mass is 9.72. The summed E-state index contributed by atoms with van der Waals surface area (Å²) in [6.45, 7) is 6.98. The summed E-state index contributed by atoms with van der Waals surface area (Å²) in [5.41, 5.74) is -0.00631. The van der Waals surface area contributed by atoms with Crippen molar-refractivity contribution in [2.75, 3.05) is 19.7 Å². The highest BCUT2D eigenvalue weighted by atomic mass is 35.5. The van der Waals surface area contributed by atoms with Gasteiger partial charge in [0.25, 0.3) is 0 Å². The Hall–Kier alpha value is -3.67. The van der Waals surface area contributed by atoms with Gasteiger partial charge in [0, 0.05) is 34.8 Å². The molecule has 0 spiro atoms. The summed E-state index contributed by atoms with van der Waals surface area (Å²) in [5.74, 6) is -6.66. The maximum Gasteiger partial charge on any atom is 0.490 e. The van der Waals surface area contributed by atoms with Crippen LogP contribution in [0.2, 0.25) is 5.02 Å². The lowest BCUT2D eigenvalue weighted by molar-refractivity contribution is -0.193. The van der Waals surface area contributed by atoms with Crippen LogP contribution >= 0.6 is 11.6 Å². The lowest BCUT2D eigenvalue weighted by Crippen LogP contribution is -2.64. The van der Waals surface area contributed by atoms with Gasteiger partial charge in [-0.15, -0.1) is 0 Å². The van der Waals surface area contributed by atoms with Crippen LogP contribution in [-0.4, -0.2) is 87.6 Å². The minimum atomic E-state index is -5.08. The van der Waals surface area contributed by atoms with Gasteiger partial charge in [-0.1, -0.05) is 36.7 Å². The second kappa shape index (κ2) is 17.6. The third kappa shape index (κ3) is 15.0. The van der Waals surface area contributed by atoms with E-state index in [4.69, 9.17) is 41.2 Å². The predicted octanol–water partition coefficient (Wildman–Crippen LogP) is 5.09. The summed E-state index contributed by atoms with van der Waals surface area (Å²) >= 11 is 6.07. The zero-order valence-corrected chi connectivity index (χ0v) is 26.6. The number of piperidine rings is 1. The fourth-order valence-electron chi connectivity index (χ4n) is 4.54. The number of hydrogen-bond donors (Lipinski definition) is 6. The molecule has 0 saturated carbocycles. The average Bonchev–Trinajstić information content (AvgIpc) is 2.95. The third-order valence-electron chi connectivity index (χ3n) is 7.03. The second-order valence-corrected chi connectivity index (χ2v) is 11.9. The molecule has 1 unspecified atom stereocenters. The summed E-state index contributed by atoms with van der Waals surface area (Å²) < 4.78 is 82.9. The molecule has 270 valence electrons. The van der Waals surface area contributed by atoms with Crippen molar-refractivity contribution in [2.24, 2.45) is 5.92 Å². The second-order valence-electron chi connectivity index (χ2n) is 11.4. The lowest BCUT2D eigenvalue weighted by Gasteiger charge is -2.48. The number of aliphatic hydroxyl groups is 1. The van der Waals surface area contributed by atoms with Gasteiger partial charge in [-0.25, -0.2) is 14.0 Å². The zero-order chi connectivity index (χ0) is 37.1. The van der Waals surface area contributed by atoms with E-state index in [0.717, 1.165) is 31.0 Å². The van der Waals surface area contributed by atoms with Crippen LogP contribution < -0.4 is 15.4 Å². The van der Waals surface area contributed by atoms with Crippen molar-refractivity contribution in [2.45, 2.75) is 69.6 Å². The van der Waals surface area contributed by atoms with Gasteiger partial charge in [0.2, 0.25) is 0 Å². The Morgan fingerprint density at radius 2 is 1.50 bits per heavy atom. The molecule has 2 aromatic rings. The minimum absolute atomic E-state index is 0.116. The van der Waals surface area contributed by atoms with Gasteiger partial charge in [-0.3, -0.25) is 4.79 Å². The highest BCUT2D eigenvalue weighted by Crippen LogP contribution is 2.32. The molecule has 2 aromatic carbocycles. The zero-order valence-electron chi connectivity index (χ0n) is 25.9. The molecule has 1 aliphatic rings. The van der Waals surface area contributed by atoms with E-state index < -0.39 is 41.7 Å². The van der Waals surface area contributed by atoms with E-state index in [1.807, 2.05) is 24.3 Å². The molecule has 0 aliphatic carbocycles. The number of β-amino-alcohol motifs (C(OH)–C–C–N with tert-alkyl or cyclic N) is 1. The first-order valence-corrected chi connectivity index (χ1v) is 14.4. The van der Waals surface area contributed by atoms with E-state index >= 15 is 0 Å². The number of aliphatic carboxylic acids is 3. The van der Waals surface area contributed by atoms with Gasteiger partial charge >= 0.3 is 30.3 Å². The number of rotatable bonds is 10. The molecule has 1 heterocycles. The number of alkyl halides is 6. The molecule has 48 heavy (non-hydrogen) atoms. The topological polar surface area (TPSA) is 165 Å². The molecule has 10 nitrogen and oxygen atoms in total. The maximum absolute atomic E-state index is 13.7. The van der Waals surface area contributed by atoms with Crippen LogP contribution in [-0.2, 0) is 27.2 Å². The van der Waals surface area contributed by atoms with Crippen LogP contribution in [0.4, 0.5) is 30.7 Å². The molecule has 1 fully saturated rings. The molecule has 6 N–H and O–H groups in total. The largest absolute Gasteiger partial charge is 0.490 e. The van der Waals surface area contributed by atoms with Crippen molar-refractivity contribution in [3.63, 3.8) is 0 Å². The van der Waals surface area contributed by atoms with Gasteiger partial charge in [0.05, 0.1) is 6.42 Å². The fraction of sp³-hybridized carbons (Fsp3) is 0.500. The average molecular weight is 721 g/mol. The van der Waals surface area contributed by atoms with Crippen molar-refractivity contribution in [1.29, 1.82) is 0 Å². The first kappa shape index (κ1) is 42.4. The summed E-state index contributed by atoms with van der Waals surface area (Å²) in [4.78, 5) is 28.9. The minimum Gasteiger partial charge on any atom is -0.490 e. The highest BCUT2D eigenvalue weighted by Gasteiger charge is 2.42. The Morgan fingerprint density at radius 1 is 0.979 bits per heavy atom. The molecule has 0 aromatic heterocycles. The SMILES string of the molecule is C[C@H]1C[C@](Cc2ccc(Cl)cc2)(NCC(C)(O)COc2cc(F)ccc2CC(=O)O)[C@@H](C)CN1.O=C(O)C(F)(F)F.O=C(O)C(F)(F)F. The molecule has 1 saturated heterocycles. The Bertz CT molecular complexity index is 1350. The van der Waals surface area contributed by atoms with Gasteiger partial charge in [0.15, 0.2) is 0 Å². The molecule has 0 radical (unpaired) electrons. The highest BCUT2D eigenvalue weighted by molar-refractivity contribution is 6.30. The van der Waals surface area contributed by atoms with Crippen LogP contribution in [0.3, 0.4) is 0 Å². The maximum atomic E-state index is 13.7. The monoisotopic (exact) mass is 720 g/mol. The summed E-state index contributed by atoms with van der Waals surface area (Å²) in [7, 11) is 0. The predicted molar refractivity (Wildman–Crippen MR) is 158 cm³/mol. The first-order chi connectivity index (χ1) is 21.9. The van der Waals surface area contributed by atoms with Crippen molar-refractivity contribution in [3.05, 3.63) is 64.4 Å². The fourth-order valence-corrected chi connectivity index (χ4v) is 4.66. The normalized spacial score (nSPS) is 20.6. The molecule has 18 heteroatoms. The molecule has 0 bridgehead atoms. The summed E-state index contributed by atoms with van der Waals surface area (Å²) in [5, 5.41) is 42.3. The molecule has 1 aliphatic heterocycles. The van der Waals surface area contributed by atoms with E-state index in [2.05, 4.69) is 24.5 Å². The van der Waals surface area contributed by atoms with E-state index in [1.54, 1.807) is 6.92 Å². The Balaban J connectivity index is 0.000000687. The van der Waals surface area contributed by atoms with E-state index in [-0.39, 0.29) is 30.9 Å². The molecule has 3 rings (SSSR count). The van der Waals surface area contributed by atoms with Gasteiger partial charge < -0.3 is 35.8 Å². The quantitative estimate of drug-likeness (QED) is 0.182. The standard InChI is InChI=1S/C26H34ClFN2O4.2C2HF3O2/c1-17-14-29-18(2)12-26(17,13-19-4-7-21(27)8-5-19)30-15-25(3,33)16-34-23-11-22(28)9-6-20(23)10-24(31)32;2*3-2(4,5)1(6)7/h4-9,11,17-18,29-30,33H,10,12-16H2,1-3H3,(H,31,32);2*(H,6,7)/t17-,18-,25?,26+;;/m0../s1. The van der Waals surface area contributed by atoms with Gasteiger partial charge in [-0.2, -0.15) is 26.3 Å². The number of carbonyl (C=O) groups is 3. The van der Waals surface area contributed by atoms with Crippen LogP contribution in [0.25, 0.3) is 0 Å². The number of carboxylic acids is 3. The van der Waals surface area contributed by atoms with Crippen molar-refractivity contribution in [1.82, 2.24) is 10.6 Å². The molecule has 4 atom stereocenters. The smallest absolute Gasteiger partial charge is 0.490 e. The van der Waals surface area contributed by atoms with Crippen LogP contribution in [0.15, 0.2) is 42.5 Å². The van der Waals surface area contributed by atoms with Crippen LogP contribution in [0.1, 0.15) is 38.3 Å². The molecular formula is C30H36ClF7N2O8. The molecule has 0 amide bonds. The number of carboxylic acid groups (broad SMARTS) is 3. The van der Waals surface area contributed by atoms with E-state index in [9.17, 15) is 40.6 Å². The summed E-state index contributed by atoms with van der Waals surface area (Å²) in [6, 6.07) is 11.9. The number of hydrogen-bond acceptors (Lipinski definition) is 7. The van der Waals surface area contributed by atoms with E-state index in [0.29, 0.717) is 22.5 Å². The van der Waals surface area contributed by atoms with Crippen LogP contribution in [0.5, 0.6) is 5.75 Å². The molecular weight excluding hydrogens is 685 g/mol. The third-order valence-corrected chi connectivity index (χ3v) is 7.29. The number of benzene rings is 2. The summed E-state index contributed by atoms with van der Waals surface area (Å²) in [6.07, 6.45) is -8.80.